The molecule has 8 heteroatoms. The third kappa shape index (κ3) is 4.21. The van der Waals surface area contributed by atoms with E-state index in [1.165, 1.54) is 0 Å². The second kappa shape index (κ2) is 7.46. The molecule has 0 aliphatic carbocycles. The molecule has 3 rings (SSSR count). The van der Waals surface area contributed by atoms with Gasteiger partial charge in [-0.1, -0.05) is 35.9 Å². The fourth-order valence-corrected chi connectivity index (χ4v) is 2.92. The van der Waals surface area contributed by atoms with Crippen molar-refractivity contribution in [1.82, 2.24) is 15.1 Å². The Labute approximate surface area is 158 Å². The minimum atomic E-state index is -4.53. The molecule has 0 fully saturated rings. The molecule has 0 saturated heterocycles. The number of aryl methyl sites for hydroxylation is 2. The first-order valence-corrected chi connectivity index (χ1v) is 8.56. The van der Waals surface area contributed by atoms with E-state index in [9.17, 15) is 22.8 Å². The van der Waals surface area contributed by atoms with Crippen LogP contribution in [0.4, 0.5) is 13.2 Å². The summed E-state index contributed by atoms with van der Waals surface area (Å²) in [5.41, 5.74) is 2.68. The largest absolute Gasteiger partial charge is 0.405 e. The van der Waals surface area contributed by atoms with Crippen LogP contribution < -0.4 is 10.9 Å². The Bertz CT molecular complexity index is 1100. The van der Waals surface area contributed by atoms with Gasteiger partial charge in [-0.3, -0.25) is 9.59 Å². The van der Waals surface area contributed by atoms with Gasteiger partial charge in [0.1, 0.15) is 13.1 Å². The lowest BCUT2D eigenvalue weighted by Crippen LogP contribution is -2.38. The predicted molar refractivity (Wildman–Crippen MR) is 100.0 cm³/mol. The summed E-state index contributed by atoms with van der Waals surface area (Å²) in [5.74, 6) is -0.936. The van der Waals surface area contributed by atoms with E-state index in [0.717, 1.165) is 21.4 Å². The molecule has 5 nitrogen and oxygen atoms in total. The van der Waals surface area contributed by atoms with E-state index >= 15 is 0 Å². The Morgan fingerprint density at radius 2 is 1.79 bits per heavy atom. The second-order valence-electron chi connectivity index (χ2n) is 6.57. The van der Waals surface area contributed by atoms with Crippen molar-refractivity contribution in [3.8, 4) is 11.3 Å². The van der Waals surface area contributed by atoms with E-state index in [0.29, 0.717) is 16.5 Å². The van der Waals surface area contributed by atoms with Crippen LogP contribution >= 0.6 is 0 Å². The zero-order valence-electron chi connectivity index (χ0n) is 15.3. The standard InChI is InChI=1S/C20H18F3N3O2/c1-12-7-8-13(2)16(9-12)18-14-5-3-4-6-15(14)19(28)26(25-18)10-17(27)24-11-20(21,22)23/h3-9H,10-11H2,1-2H3,(H,24,27). The molecule has 146 valence electrons. The molecule has 0 saturated carbocycles. The van der Waals surface area contributed by atoms with Gasteiger partial charge in [-0.25, -0.2) is 4.68 Å². The molecule has 28 heavy (non-hydrogen) atoms. The number of nitrogens with zero attached hydrogens (tertiary/aromatic N) is 2. The van der Waals surface area contributed by atoms with Crippen molar-refractivity contribution in [3.63, 3.8) is 0 Å². The monoisotopic (exact) mass is 389 g/mol. The number of alkyl halides is 3. The summed E-state index contributed by atoms with van der Waals surface area (Å²) in [4.78, 5) is 24.6. The average Bonchev–Trinajstić information content (AvgIpc) is 2.64. The molecular weight excluding hydrogens is 371 g/mol. The fraction of sp³-hybridized carbons (Fsp3) is 0.250. The molecule has 0 aliphatic rings. The molecule has 0 atom stereocenters. The van der Waals surface area contributed by atoms with Gasteiger partial charge >= 0.3 is 6.18 Å². The maximum Gasteiger partial charge on any atom is 0.405 e. The number of amides is 1. The lowest BCUT2D eigenvalue weighted by atomic mass is 9.99. The van der Waals surface area contributed by atoms with Crippen molar-refractivity contribution < 1.29 is 18.0 Å². The highest BCUT2D eigenvalue weighted by Gasteiger charge is 2.28. The van der Waals surface area contributed by atoms with E-state index in [-0.39, 0.29) is 0 Å². The van der Waals surface area contributed by atoms with Crippen LogP contribution in [0.2, 0.25) is 0 Å². The summed E-state index contributed by atoms with van der Waals surface area (Å²) in [6, 6.07) is 12.6. The molecule has 0 spiro atoms. The maximum atomic E-state index is 12.7. The van der Waals surface area contributed by atoms with Crippen LogP contribution in [-0.4, -0.2) is 28.4 Å². The summed E-state index contributed by atoms with van der Waals surface area (Å²) in [6.45, 7) is 1.76. The summed E-state index contributed by atoms with van der Waals surface area (Å²) >= 11 is 0. The van der Waals surface area contributed by atoms with Crippen molar-refractivity contribution in [2.24, 2.45) is 0 Å². The lowest BCUT2D eigenvalue weighted by Gasteiger charge is -2.14. The van der Waals surface area contributed by atoms with Crippen LogP contribution in [0.25, 0.3) is 22.0 Å². The van der Waals surface area contributed by atoms with Crippen molar-refractivity contribution in [2.75, 3.05) is 6.54 Å². The van der Waals surface area contributed by atoms with Gasteiger partial charge in [-0.15, -0.1) is 0 Å². The van der Waals surface area contributed by atoms with Gasteiger partial charge in [0.05, 0.1) is 11.1 Å². The molecule has 1 amide bonds. The van der Waals surface area contributed by atoms with Crippen molar-refractivity contribution >= 4 is 16.7 Å². The lowest BCUT2D eigenvalue weighted by molar-refractivity contribution is -0.138. The minimum Gasteiger partial charge on any atom is -0.345 e. The number of hydrogen-bond donors (Lipinski definition) is 1. The number of carbonyl (C=O) groups excluding carboxylic acids is 1. The van der Waals surface area contributed by atoms with E-state index in [1.54, 1.807) is 29.6 Å². The molecule has 0 aliphatic heterocycles. The number of fused-ring (bicyclic) bond motifs is 1. The Morgan fingerprint density at radius 3 is 2.46 bits per heavy atom. The summed E-state index contributed by atoms with van der Waals surface area (Å²) in [6.07, 6.45) is -4.53. The van der Waals surface area contributed by atoms with Crippen molar-refractivity contribution in [2.45, 2.75) is 26.6 Å². The predicted octanol–water partition coefficient (Wildman–Crippen LogP) is 3.36. The first-order chi connectivity index (χ1) is 13.2. The van der Waals surface area contributed by atoms with E-state index in [4.69, 9.17) is 0 Å². The number of halogens is 3. The maximum absolute atomic E-state index is 12.7. The number of benzene rings is 2. The molecular formula is C20H18F3N3O2. The van der Waals surface area contributed by atoms with Gasteiger partial charge in [0, 0.05) is 10.9 Å². The smallest absolute Gasteiger partial charge is 0.345 e. The van der Waals surface area contributed by atoms with Crippen LogP contribution in [-0.2, 0) is 11.3 Å². The zero-order chi connectivity index (χ0) is 20.5. The molecule has 3 aromatic rings. The molecule has 1 heterocycles. The molecule has 0 bridgehead atoms. The summed E-state index contributed by atoms with van der Waals surface area (Å²) in [5, 5.41) is 7.04. The topological polar surface area (TPSA) is 64.0 Å². The third-order valence-corrected chi connectivity index (χ3v) is 4.30. The van der Waals surface area contributed by atoms with E-state index in [2.05, 4.69) is 5.10 Å². The molecule has 0 radical (unpaired) electrons. The van der Waals surface area contributed by atoms with Crippen LogP contribution in [0.3, 0.4) is 0 Å². The molecule has 1 N–H and O–H groups in total. The Balaban J connectivity index is 2.10. The molecule has 0 unspecified atom stereocenters. The Hall–Kier alpha value is -3.16. The fourth-order valence-electron chi connectivity index (χ4n) is 2.92. The van der Waals surface area contributed by atoms with Crippen LogP contribution in [0.5, 0.6) is 0 Å². The minimum absolute atomic E-state index is 0.344. The number of aromatic nitrogens is 2. The van der Waals surface area contributed by atoms with Crippen molar-refractivity contribution in [3.05, 3.63) is 63.9 Å². The first-order valence-electron chi connectivity index (χ1n) is 8.56. The van der Waals surface area contributed by atoms with Crippen molar-refractivity contribution in [1.29, 1.82) is 0 Å². The highest BCUT2D eigenvalue weighted by atomic mass is 19.4. The number of carbonyl (C=O) groups is 1. The Morgan fingerprint density at radius 1 is 1.11 bits per heavy atom. The first kappa shape index (κ1) is 19.6. The second-order valence-corrected chi connectivity index (χ2v) is 6.57. The van der Waals surface area contributed by atoms with E-state index in [1.807, 2.05) is 32.0 Å². The van der Waals surface area contributed by atoms with Crippen LogP contribution in [0.15, 0.2) is 47.3 Å². The summed E-state index contributed by atoms with van der Waals surface area (Å²) in [7, 11) is 0. The van der Waals surface area contributed by atoms with Gasteiger partial charge < -0.3 is 5.32 Å². The SMILES string of the molecule is Cc1ccc(C)c(-c2nn(CC(=O)NCC(F)(F)F)c(=O)c3ccccc23)c1. The van der Waals surface area contributed by atoms with Crippen LogP contribution in [0.1, 0.15) is 11.1 Å². The van der Waals surface area contributed by atoms with Crippen LogP contribution in [0, 0.1) is 13.8 Å². The Kier molecular flexibility index (Phi) is 5.22. The quantitative estimate of drug-likeness (QED) is 0.744. The number of nitrogens with one attached hydrogen (secondary N) is 1. The van der Waals surface area contributed by atoms with Gasteiger partial charge in [0.25, 0.3) is 5.56 Å². The zero-order valence-corrected chi connectivity index (χ0v) is 15.3. The number of rotatable bonds is 4. The van der Waals surface area contributed by atoms with Gasteiger partial charge in [-0.05, 0) is 31.5 Å². The van der Waals surface area contributed by atoms with Gasteiger partial charge in [0.2, 0.25) is 5.91 Å². The number of hydrogen-bond acceptors (Lipinski definition) is 3. The summed E-state index contributed by atoms with van der Waals surface area (Å²) < 4.78 is 37.8. The van der Waals surface area contributed by atoms with Gasteiger partial charge in [0.15, 0.2) is 0 Å². The molecule has 2 aromatic carbocycles. The van der Waals surface area contributed by atoms with E-state index < -0.39 is 30.7 Å². The molecule has 1 aromatic heterocycles. The third-order valence-electron chi connectivity index (χ3n) is 4.30. The highest BCUT2D eigenvalue weighted by molar-refractivity contribution is 5.94. The average molecular weight is 389 g/mol. The van der Waals surface area contributed by atoms with Gasteiger partial charge in [-0.2, -0.15) is 18.3 Å². The normalized spacial score (nSPS) is 11.6. The highest BCUT2D eigenvalue weighted by Crippen LogP contribution is 2.28.